The van der Waals surface area contributed by atoms with Crippen LogP contribution in [-0.4, -0.2) is 38.2 Å². The highest BCUT2D eigenvalue weighted by molar-refractivity contribution is 5.70. The zero-order chi connectivity index (χ0) is 50.2. The predicted octanol–water partition coefficient (Wildman–Crippen LogP) is 19.8. The van der Waals surface area contributed by atoms with Gasteiger partial charge >= 0.3 is 11.9 Å². The lowest BCUT2D eigenvalue weighted by atomic mass is 9.47. The van der Waals surface area contributed by atoms with Crippen molar-refractivity contribution < 1.29 is 28.6 Å². The van der Waals surface area contributed by atoms with Gasteiger partial charge in [-0.15, -0.1) is 0 Å². The minimum Gasteiger partial charge on any atom is -0.468 e. The summed E-state index contributed by atoms with van der Waals surface area (Å²) in [6.07, 6.45) is 54.9. The molecule has 2 aliphatic rings. The highest BCUT2D eigenvalue weighted by atomic mass is 16.5. The molecule has 2 bridgehead atoms. The average Bonchev–Trinajstić information content (AvgIpc) is 3.31. The first-order chi connectivity index (χ1) is 33.5. The zero-order valence-electron chi connectivity index (χ0n) is 47.2. The van der Waals surface area contributed by atoms with E-state index in [0.29, 0.717) is 56.9 Å². The summed E-state index contributed by atoms with van der Waals surface area (Å²) in [7, 11) is 0. The van der Waals surface area contributed by atoms with E-state index >= 15 is 0 Å². The molecular weight excluding hydrogens is 853 g/mol. The van der Waals surface area contributed by atoms with Crippen LogP contribution in [0.15, 0.2) is 0 Å². The summed E-state index contributed by atoms with van der Waals surface area (Å²) in [6.45, 7) is 16.3. The molecule has 6 heteroatoms. The zero-order valence-corrected chi connectivity index (χ0v) is 47.2. The van der Waals surface area contributed by atoms with Crippen molar-refractivity contribution in [3.05, 3.63) is 0 Å². The molecule has 0 amide bonds. The first-order valence-corrected chi connectivity index (χ1v) is 30.9. The molecule has 2 rings (SSSR count). The van der Waals surface area contributed by atoms with E-state index in [4.69, 9.17) is 14.2 Å². The minimum atomic E-state index is 0.0230. The van der Waals surface area contributed by atoms with Gasteiger partial charge in [0.15, 0.2) is 0 Å². The Labute approximate surface area is 429 Å². The van der Waals surface area contributed by atoms with Crippen molar-refractivity contribution in [1.82, 2.24) is 0 Å². The van der Waals surface area contributed by atoms with Gasteiger partial charge in [0.2, 0.25) is 0 Å². The van der Waals surface area contributed by atoms with Crippen molar-refractivity contribution in [2.24, 2.45) is 34.0 Å². The molecule has 4 unspecified atom stereocenters. The first-order valence-electron chi connectivity index (χ1n) is 30.9. The van der Waals surface area contributed by atoms with Crippen LogP contribution in [-0.2, 0) is 28.6 Å². The average molecular weight is 972 g/mol. The van der Waals surface area contributed by atoms with Crippen molar-refractivity contribution in [3.63, 3.8) is 0 Å². The number of hydrogen-bond donors (Lipinski definition) is 0. The van der Waals surface area contributed by atoms with Crippen LogP contribution in [0.3, 0.4) is 0 Å². The van der Waals surface area contributed by atoms with Crippen molar-refractivity contribution >= 4 is 18.4 Å². The molecule has 2 aliphatic carbocycles. The van der Waals surface area contributed by atoms with Gasteiger partial charge in [-0.25, -0.2) is 0 Å². The Balaban J connectivity index is 1.97. The molecular formula is C63H118O6. The number of hydrogen-bond acceptors (Lipinski definition) is 6. The highest BCUT2D eigenvalue weighted by Gasteiger charge is 2.52. The minimum absolute atomic E-state index is 0.0230. The second-order valence-corrected chi connectivity index (χ2v) is 24.5. The SMILES string of the molecule is CCCCCCCCCC(CCCCCCCCC)CC(=O)OCCCC1(C)CC2CC(C)(CCCOC=O)CC(CCCOC(=O)CC(CCCCCCCCC)CCCCCCCCC)(C2)C1. The van der Waals surface area contributed by atoms with Gasteiger partial charge in [0.25, 0.3) is 6.47 Å². The Bertz CT molecular complexity index is 1200. The number of unbranched alkanes of at least 4 members (excludes halogenated alkanes) is 24. The maximum absolute atomic E-state index is 13.5. The van der Waals surface area contributed by atoms with Gasteiger partial charge in [-0.1, -0.05) is 221 Å². The lowest BCUT2D eigenvalue weighted by molar-refractivity contribution is -0.146. The Kier molecular flexibility index (Phi) is 37.6. The van der Waals surface area contributed by atoms with E-state index < -0.39 is 0 Å². The Morgan fingerprint density at radius 1 is 0.435 bits per heavy atom. The van der Waals surface area contributed by atoms with Crippen LogP contribution in [0.1, 0.15) is 330 Å². The van der Waals surface area contributed by atoms with Gasteiger partial charge in [-0.05, 0) is 130 Å². The molecule has 69 heavy (non-hydrogen) atoms. The molecule has 0 spiro atoms. The largest absolute Gasteiger partial charge is 0.468 e. The smallest absolute Gasteiger partial charge is 0.306 e. The fraction of sp³-hybridized carbons (Fsp3) is 0.952. The normalized spacial score (nSPS) is 21.2. The molecule has 6 nitrogen and oxygen atoms in total. The summed E-state index contributed by atoms with van der Waals surface area (Å²) >= 11 is 0. The van der Waals surface area contributed by atoms with Gasteiger partial charge in [0.1, 0.15) is 0 Å². The third kappa shape index (κ3) is 32.3. The summed E-state index contributed by atoms with van der Waals surface area (Å²) in [5.74, 6) is 1.63. The standard InChI is InChI=1S/C63H118O6/c1-7-11-15-19-23-27-31-38-56(39-32-28-24-20-16-12-8-2)48-59(65)68-46-36-43-62(6)51-58-50-61(5,42-35-45-67-55-64)53-63(52-58,54-62)44-37-47-69-60(66)49-57(40-33-29-25-21-17-13-9-3)41-34-30-26-22-18-14-10-4/h55-58H,7-54H2,1-6H3. The summed E-state index contributed by atoms with van der Waals surface area (Å²) in [6, 6.07) is 0. The van der Waals surface area contributed by atoms with E-state index in [-0.39, 0.29) is 28.2 Å². The molecule has 0 saturated heterocycles. The maximum atomic E-state index is 13.5. The Morgan fingerprint density at radius 3 is 1.10 bits per heavy atom. The summed E-state index contributed by atoms with van der Waals surface area (Å²) in [5.41, 5.74) is 0.655. The second-order valence-electron chi connectivity index (χ2n) is 24.5. The number of fused-ring (bicyclic) bond motifs is 2. The van der Waals surface area contributed by atoms with Gasteiger partial charge in [-0.2, -0.15) is 0 Å². The van der Waals surface area contributed by atoms with E-state index in [1.54, 1.807) is 0 Å². The van der Waals surface area contributed by atoms with Gasteiger partial charge in [-0.3, -0.25) is 14.4 Å². The number of carbonyl (C=O) groups excluding carboxylic acids is 3. The summed E-state index contributed by atoms with van der Waals surface area (Å²) < 4.78 is 17.3. The summed E-state index contributed by atoms with van der Waals surface area (Å²) in [5, 5.41) is 0. The van der Waals surface area contributed by atoms with Crippen molar-refractivity contribution in [1.29, 1.82) is 0 Å². The lowest BCUT2D eigenvalue weighted by Crippen LogP contribution is -2.47. The number of rotatable bonds is 49. The lowest BCUT2D eigenvalue weighted by Gasteiger charge is -2.58. The molecule has 0 radical (unpaired) electrons. The summed E-state index contributed by atoms with van der Waals surface area (Å²) in [4.78, 5) is 37.8. The molecule has 0 aromatic rings. The van der Waals surface area contributed by atoms with Crippen LogP contribution in [0.2, 0.25) is 0 Å². The van der Waals surface area contributed by atoms with Crippen molar-refractivity contribution in [2.75, 3.05) is 19.8 Å². The molecule has 0 N–H and O–H groups in total. The molecule has 2 fully saturated rings. The fourth-order valence-electron chi connectivity index (χ4n) is 13.8. The molecule has 0 aliphatic heterocycles. The molecule has 0 aromatic carbocycles. The van der Waals surface area contributed by atoms with Gasteiger partial charge in [0.05, 0.1) is 19.8 Å². The van der Waals surface area contributed by atoms with Crippen LogP contribution in [0, 0.1) is 34.0 Å². The number of ether oxygens (including phenoxy) is 3. The van der Waals surface area contributed by atoms with E-state index in [9.17, 15) is 14.4 Å². The molecule has 4 atom stereocenters. The van der Waals surface area contributed by atoms with Gasteiger partial charge in [0, 0.05) is 12.8 Å². The van der Waals surface area contributed by atoms with Crippen LogP contribution < -0.4 is 0 Å². The van der Waals surface area contributed by atoms with E-state index in [1.165, 1.54) is 225 Å². The quantitative estimate of drug-likeness (QED) is 0.0262. The third-order valence-corrected chi connectivity index (χ3v) is 17.1. The molecule has 0 heterocycles. The topological polar surface area (TPSA) is 78.9 Å². The van der Waals surface area contributed by atoms with Gasteiger partial charge < -0.3 is 14.2 Å². The number of esters is 2. The third-order valence-electron chi connectivity index (χ3n) is 17.1. The van der Waals surface area contributed by atoms with Crippen LogP contribution in [0.25, 0.3) is 0 Å². The first kappa shape index (κ1) is 63.5. The van der Waals surface area contributed by atoms with Crippen molar-refractivity contribution in [3.8, 4) is 0 Å². The second kappa shape index (κ2) is 40.8. The molecule has 406 valence electrons. The van der Waals surface area contributed by atoms with E-state index in [0.717, 1.165) is 51.4 Å². The van der Waals surface area contributed by atoms with Crippen LogP contribution >= 0.6 is 0 Å². The van der Waals surface area contributed by atoms with E-state index in [1.807, 2.05) is 0 Å². The molecule has 2 saturated carbocycles. The fourth-order valence-corrected chi connectivity index (χ4v) is 13.8. The monoisotopic (exact) mass is 971 g/mol. The van der Waals surface area contributed by atoms with Crippen molar-refractivity contribution in [2.45, 2.75) is 330 Å². The highest BCUT2D eigenvalue weighted by Crippen LogP contribution is 2.64. The molecule has 0 aromatic heterocycles. The maximum Gasteiger partial charge on any atom is 0.306 e. The van der Waals surface area contributed by atoms with Crippen LogP contribution in [0.5, 0.6) is 0 Å². The Morgan fingerprint density at radius 2 is 0.754 bits per heavy atom. The number of carbonyl (C=O) groups is 3. The van der Waals surface area contributed by atoms with E-state index in [2.05, 4.69) is 41.5 Å². The Hall–Kier alpha value is -1.59. The predicted molar refractivity (Wildman–Crippen MR) is 294 cm³/mol. The van der Waals surface area contributed by atoms with Crippen LogP contribution in [0.4, 0.5) is 0 Å².